The van der Waals surface area contributed by atoms with E-state index >= 15 is 0 Å². The molecular formula is C20H16FNOS. The Balaban J connectivity index is 1.83. The van der Waals surface area contributed by atoms with E-state index in [2.05, 4.69) is 29.6 Å². The van der Waals surface area contributed by atoms with Crippen LogP contribution in [0.1, 0.15) is 28.3 Å². The molecule has 0 unspecified atom stereocenters. The number of carbonyl (C=O) groups is 1. The van der Waals surface area contributed by atoms with Gasteiger partial charge in [-0.25, -0.2) is 4.39 Å². The van der Waals surface area contributed by atoms with Crippen LogP contribution in [0.15, 0.2) is 53.9 Å². The summed E-state index contributed by atoms with van der Waals surface area (Å²) in [7, 11) is 0. The van der Waals surface area contributed by atoms with Gasteiger partial charge in [0, 0.05) is 33.7 Å². The maximum atomic E-state index is 14.2. The number of hydrogen-bond donors (Lipinski definition) is 1. The average molecular weight is 337 g/mol. The van der Waals surface area contributed by atoms with Crippen molar-refractivity contribution in [2.24, 2.45) is 0 Å². The molecule has 0 bridgehead atoms. The lowest BCUT2D eigenvalue weighted by atomic mass is 9.89. The minimum Gasteiger partial charge on any atom is -0.325 e. The van der Waals surface area contributed by atoms with Gasteiger partial charge in [0.2, 0.25) is 5.91 Å². The number of anilines is 1. The van der Waals surface area contributed by atoms with Crippen molar-refractivity contribution in [1.29, 1.82) is 0 Å². The molecule has 1 aromatic heterocycles. The molecule has 0 saturated carbocycles. The first kappa shape index (κ1) is 15.1. The number of halogens is 1. The third-order valence-corrected chi connectivity index (χ3v) is 5.53. The summed E-state index contributed by atoms with van der Waals surface area (Å²) in [6, 6.07) is 15.0. The summed E-state index contributed by atoms with van der Waals surface area (Å²) in [6.45, 7) is 2.05. The molecule has 4 heteroatoms. The monoisotopic (exact) mass is 337 g/mol. The van der Waals surface area contributed by atoms with E-state index in [1.807, 2.05) is 18.4 Å². The minimum atomic E-state index is -0.273. The van der Waals surface area contributed by atoms with E-state index in [1.165, 1.54) is 11.6 Å². The van der Waals surface area contributed by atoms with Gasteiger partial charge >= 0.3 is 0 Å². The number of hydrogen-bond acceptors (Lipinski definition) is 2. The third kappa shape index (κ3) is 2.53. The molecule has 2 heterocycles. The first-order valence-electron chi connectivity index (χ1n) is 7.86. The Labute approximate surface area is 144 Å². The molecule has 3 aromatic rings. The Kier molecular flexibility index (Phi) is 3.69. The number of nitrogens with one attached hydrogen (secondary N) is 1. The van der Waals surface area contributed by atoms with Gasteiger partial charge in [-0.3, -0.25) is 4.79 Å². The fourth-order valence-corrected chi connectivity index (χ4v) is 4.32. The van der Waals surface area contributed by atoms with Gasteiger partial charge in [0.1, 0.15) is 5.82 Å². The topological polar surface area (TPSA) is 29.1 Å². The van der Waals surface area contributed by atoms with E-state index < -0.39 is 0 Å². The zero-order valence-electron chi connectivity index (χ0n) is 13.2. The predicted molar refractivity (Wildman–Crippen MR) is 96.0 cm³/mol. The van der Waals surface area contributed by atoms with Crippen molar-refractivity contribution in [1.82, 2.24) is 0 Å². The number of rotatable bonds is 2. The van der Waals surface area contributed by atoms with Gasteiger partial charge in [-0.15, -0.1) is 11.3 Å². The molecule has 120 valence electrons. The van der Waals surface area contributed by atoms with Gasteiger partial charge in [-0.05, 0) is 18.6 Å². The van der Waals surface area contributed by atoms with Crippen LogP contribution in [-0.2, 0) is 4.79 Å². The molecule has 0 radical (unpaired) electrons. The zero-order valence-corrected chi connectivity index (χ0v) is 14.0. The minimum absolute atomic E-state index is 0.0240. The Morgan fingerprint density at radius 3 is 2.58 bits per heavy atom. The van der Waals surface area contributed by atoms with Crippen molar-refractivity contribution in [3.05, 3.63) is 75.7 Å². The van der Waals surface area contributed by atoms with Crippen molar-refractivity contribution in [2.75, 3.05) is 5.32 Å². The third-order valence-electron chi connectivity index (χ3n) is 4.43. The van der Waals surface area contributed by atoms with Crippen LogP contribution in [0.3, 0.4) is 0 Å². The molecule has 1 N–H and O–H groups in total. The highest BCUT2D eigenvalue weighted by molar-refractivity contribution is 7.11. The molecule has 4 rings (SSSR count). The summed E-state index contributed by atoms with van der Waals surface area (Å²) in [4.78, 5) is 13.3. The molecule has 1 atom stereocenters. The second-order valence-electron chi connectivity index (χ2n) is 6.08. The van der Waals surface area contributed by atoms with Gasteiger partial charge in [0.15, 0.2) is 0 Å². The smallest absolute Gasteiger partial charge is 0.225 e. The zero-order chi connectivity index (χ0) is 16.7. The summed E-state index contributed by atoms with van der Waals surface area (Å²) in [5.74, 6) is -0.270. The highest BCUT2D eigenvalue weighted by atomic mass is 32.1. The van der Waals surface area contributed by atoms with Crippen LogP contribution in [0.4, 0.5) is 10.1 Å². The summed E-state index contributed by atoms with van der Waals surface area (Å²) in [5.41, 5.74) is 4.36. The standard InChI is InChI=1S/C20H16FNOS/c1-12-6-8-13(9-7-12)15-10-18(23)22-19-16(11-24-20(15)19)14-4-2-3-5-17(14)21/h2-9,11,15H,10H2,1H3,(H,22,23)/t15-/m0/s1. The first-order valence-corrected chi connectivity index (χ1v) is 8.74. The molecule has 0 aliphatic carbocycles. The maximum absolute atomic E-state index is 14.2. The van der Waals surface area contributed by atoms with E-state index in [9.17, 15) is 9.18 Å². The van der Waals surface area contributed by atoms with E-state index in [4.69, 9.17) is 0 Å². The molecule has 0 spiro atoms. The summed E-state index contributed by atoms with van der Waals surface area (Å²) < 4.78 is 14.2. The highest BCUT2D eigenvalue weighted by Crippen LogP contribution is 2.46. The Hall–Kier alpha value is -2.46. The second-order valence-corrected chi connectivity index (χ2v) is 7.00. The predicted octanol–water partition coefficient (Wildman–Crippen LogP) is 5.34. The van der Waals surface area contributed by atoms with Gasteiger partial charge in [0.25, 0.3) is 0 Å². The Bertz CT molecular complexity index is 914. The number of amides is 1. The number of aryl methyl sites for hydroxylation is 1. The van der Waals surface area contributed by atoms with Crippen molar-refractivity contribution < 1.29 is 9.18 Å². The fraction of sp³-hybridized carbons (Fsp3) is 0.150. The molecule has 0 saturated heterocycles. The SMILES string of the molecule is Cc1ccc([C@@H]2CC(=O)Nc3c(-c4ccccc4F)csc32)cc1. The molecule has 24 heavy (non-hydrogen) atoms. The van der Waals surface area contributed by atoms with E-state index in [-0.39, 0.29) is 17.6 Å². The fourth-order valence-electron chi connectivity index (χ4n) is 3.17. The summed E-state index contributed by atoms with van der Waals surface area (Å²) in [6.07, 6.45) is 0.424. The van der Waals surface area contributed by atoms with Gasteiger partial charge in [-0.2, -0.15) is 0 Å². The Morgan fingerprint density at radius 1 is 1.08 bits per heavy atom. The average Bonchev–Trinajstić information content (AvgIpc) is 2.99. The van der Waals surface area contributed by atoms with Crippen LogP contribution in [0.25, 0.3) is 11.1 Å². The lowest BCUT2D eigenvalue weighted by molar-refractivity contribution is -0.116. The van der Waals surface area contributed by atoms with Gasteiger partial charge in [-0.1, -0.05) is 48.0 Å². The lowest BCUT2D eigenvalue weighted by Crippen LogP contribution is -2.22. The second kappa shape index (κ2) is 5.87. The van der Waals surface area contributed by atoms with Crippen LogP contribution < -0.4 is 5.32 Å². The largest absolute Gasteiger partial charge is 0.325 e. The normalized spacial score (nSPS) is 16.6. The number of benzene rings is 2. The van der Waals surface area contributed by atoms with E-state index in [0.717, 1.165) is 21.7 Å². The number of fused-ring (bicyclic) bond motifs is 1. The Morgan fingerprint density at radius 2 is 1.83 bits per heavy atom. The van der Waals surface area contributed by atoms with Crippen LogP contribution in [0.2, 0.25) is 0 Å². The summed E-state index contributed by atoms with van der Waals surface area (Å²) in [5, 5.41) is 4.89. The van der Waals surface area contributed by atoms with Crippen LogP contribution in [-0.4, -0.2) is 5.91 Å². The molecule has 2 aromatic carbocycles. The van der Waals surface area contributed by atoms with E-state index in [1.54, 1.807) is 23.5 Å². The van der Waals surface area contributed by atoms with Crippen molar-refractivity contribution >= 4 is 22.9 Å². The molecule has 1 amide bonds. The van der Waals surface area contributed by atoms with Gasteiger partial charge in [0.05, 0.1) is 5.69 Å². The van der Waals surface area contributed by atoms with Crippen molar-refractivity contribution in [3.8, 4) is 11.1 Å². The van der Waals surface area contributed by atoms with Gasteiger partial charge < -0.3 is 5.32 Å². The maximum Gasteiger partial charge on any atom is 0.225 e. The van der Waals surface area contributed by atoms with Crippen LogP contribution >= 0.6 is 11.3 Å². The number of carbonyl (C=O) groups excluding carboxylic acids is 1. The van der Waals surface area contributed by atoms with Crippen LogP contribution in [0.5, 0.6) is 0 Å². The lowest BCUT2D eigenvalue weighted by Gasteiger charge is -2.24. The van der Waals surface area contributed by atoms with Crippen molar-refractivity contribution in [3.63, 3.8) is 0 Å². The quantitative estimate of drug-likeness (QED) is 0.672. The number of thiophene rings is 1. The molecule has 1 aliphatic rings. The first-order chi connectivity index (χ1) is 11.6. The summed E-state index contributed by atoms with van der Waals surface area (Å²) >= 11 is 1.58. The van der Waals surface area contributed by atoms with E-state index in [0.29, 0.717) is 12.0 Å². The van der Waals surface area contributed by atoms with Crippen molar-refractivity contribution in [2.45, 2.75) is 19.3 Å². The van der Waals surface area contributed by atoms with Crippen LogP contribution in [0, 0.1) is 12.7 Å². The molecule has 2 nitrogen and oxygen atoms in total. The molecular weight excluding hydrogens is 321 g/mol. The highest BCUT2D eigenvalue weighted by Gasteiger charge is 2.30. The molecule has 1 aliphatic heterocycles. The molecule has 0 fully saturated rings.